The fraction of sp³-hybridized carbons (Fsp3) is 0.364. The van der Waals surface area contributed by atoms with E-state index in [1.807, 2.05) is 55.4 Å². The molecule has 1 aliphatic rings. The van der Waals surface area contributed by atoms with Crippen LogP contribution in [0.3, 0.4) is 0 Å². The van der Waals surface area contributed by atoms with Crippen LogP contribution >= 0.6 is 22.6 Å². The second-order valence-corrected chi connectivity index (χ2v) is 12.0. The highest BCUT2D eigenvalue weighted by atomic mass is 127. The molecule has 7 heteroatoms. The molecule has 6 nitrogen and oxygen atoms in total. The van der Waals surface area contributed by atoms with Crippen molar-refractivity contribution < 1.29 is 19.0 Å². The highest BCUT2D eigenvalue weighted by Gasteiger charge is 2.52. The summed E-state index contributed by atoms with van der Waals surface area (Å²) in [5.74, 6) is 0.920. The van der Waals surface area contributed by atoms with Crippen LogP contribution in [0, 0.1) is 3.57 Å². The standard InChI is InChI=1S/C33H37IN2O4/c1-7-8-9-10-21(2)36-20-29(25-17-22(34)11-16-30(25)36)33(28-15-13-24(38-5)19-31(28)39-6)27-14-12-23(35(3)4)18-26(27)32(37)40-33/h11-21H,7-10H2,1-6H3. The topological polar surface area (TPSA) is 52.9 Å². The predicted molar refractivity (Wildman–Crippen MR) is 169 cm³/mol. The molecule has 0 N–H and O–H groups in total. The molecule has 1 aromatic heterocycles. The van der Waals surface area contributed by atoms with E-state index in [4.69, 9.17) is 14.2 Å². The Kier molecular flexibility index (Phi) is 8.04. The Hall–Kier alpha value is -3.20. The van der Waals surface area contributed by atoms with Crippen molar-refractivity contribution in [1.82, 2.24) is 4.57 Å². The minimum absolute atomic E-state index is 0.283. The molecule has 3 aromatic carbocycles. The third-order valence-corrected chi connectivity index (χ3v) is 8.70. The van der Waals surface area contributed by atoms with E-state index in [0.717, 1.165) is 43.3 Å². The number of fused-ring (bicyclic) bond motifs is 2. The van der Waals surface area contributed by atoms with Gasteiger partial charge in [-0.2, -0.15) is 0 Å². The number of hydrogen-bond acceptors (Lipinski definition) is 5. The predicted octanol–water partition coefficient (Wildman–Crippen LogP) is 7.93. The van der Waals surface area contributed by atoms with Crippen molar-refractivity contribution in [3.8, 4) is 11.5 Å². The number of esters is 1. The van der Waals surface area contributed by atoms with Gasteiger partial charge in [-0.1, -0.05) is 32.3 Å². The lowest BCUT2D eigenvalue weighted by atomic mass is 9.79. The summed E-state index contributed by atoms with van der Waals surface area (Å²) in [6.07, 6.45) is 6.83. The van der Waals surface area contributed by atoms with Gasteiger partial charge in [-0.05, 0) is 78.4 Å². The first-order valence-corrected chi connectivity index (χ1v) is 14.9. The van der Waals surface area contributed by atoms with Gasteiger partial charge < -0.3 is 23.7 Å². The number of carbonyl (C=O) groups excluding carboxylic acids is 1. The van der Waals surface area contributed by atoms with E-state index in [9.17, 15) is 4.79 Å². The number of cyclic esters (lactones) is 1. The Morgan fingerprint density at radius 2 is 1.75 bits per heavy atom. The molecule has 0 spiro atoms. The number of ether oxygens (including phenoxy) is 3. The molecule has 0 aliphatic carbocycles. The molecule has 5 rings (SSSR count). The summed E-state index contributed by atoms with van der Waals surface area (Å²) in [5.41, 5.74) is 3.92. The maximum Gasteiger partial charge on any atom is 0.340 e. The van der Waals surface area contributed by atoms with E-state index in [1.54, 1.807) is 14.2 Å². The molecule has 0 saturated carbocycles. The van der Waals surface area contributed by atoms with Crippen LogP contribution in [0.25, 0.3) is 10.9 Å². The maximum absolute atomic E-state index is 13.7. The zero-order valence-corrected chi connectivity index (χ0v) is 26.2. The molecule has 0 radical (unpaired) electrons. The van der Waals surface area contributed by atoms with Crippen LogP contribution < -0.4 is 14.4 Å². The van der Waals surface area contributed by atoms with Crippen molar-refractivity contribution in [3.05, 3.63) is 86.6 Å². The van der Waals surface area contributed by atoms with E-state index >= 15 is 0 Å². The van der Waals surface area contributed by atoms with E-state index in [-0.39, 0.29) is 12.0 Å². The second-order valence-electron chi connectivity index (χ2n) is 10.7. The fourth-order valence-corrected chi connectivity index (χ4v) is 6.36. The average molecular weight is 653 g/mol. The van der Waals surface area contributed by atoms with Crippen molar-refractivity contribution in [2.45, 2.75) is 51.2 Å². The number of nitrogens with zero attached hydrogens (tertiary/aromatic N) is 2. The highest BCUT2D eigenvalue weighted by molar-refractivity contribution is 14.1. The molecule has 0 fully saturated rings. The van der Waals surface area contributed by atoms with Crippen LogP contribution in [0.2, 0.25) is 0 Å². The summed E-state index contributed by atoms with van der Waals surface area (Å²) in [5, 5.41) is 1.06. The van der Waals surface area contributed by atoms with E-state index in [2.05, 4.69) is 65.4 Å². The molecular formula is C33H37IN2O4. The van der Waals surface area contributed by atoms with Crippen LogP contribution in [0.15, 0.2) is 60.8 Å². The van der Waals surface area contributed by atoms with Gasteiger partial charge in [0.15, 0.2) is 5.60 Å². The van der Waals surface area contributed by atoms with E-state index in [0.29, 0.717) is 17.1 Å². The van der Waals surface area contributed by atoms with Gasteiger partial charge >= 0.3 is 5.97 Å². The van der Waals surface area contributed by atoms with Gasteiger partial charge in [0.05, 0.1) is 19.8 Å². The van der Waals surface area contributed by atoms with Gasteiger partial charge in [0.1, 0.15) is 11.5 Å². The van der Waals surface area contributed by atoms with Crippen molar-refractivity contribution in [3.63, 3.8) is 0 Å². The average Bonchev–Trinajstić information content (AvgIpc) is 3.48. The Morgan fingerprint density at radius 3 is 2.45 bits per heavy atom. The van der Waals surface area contributed by atoms with Crippen LogP contribution in [0.1, 0.15) is 72.6 Å². The van der Waals surface area contributed by atoms with Crippen LogP contribution in [-0.4, -0.2) is 38.9 Å². The first-order valence-electron chi connectivity index (χ1n) is 13.8. The monoisotopic (exact) mass is 652 g/mol. The van der Waals surface area contributed by atoms with Crippen molar-refractivity contribution in [2.75, 3.05) is 33.2 Å². The first kappa shape index (κ1) is 28.3. The number of aromatic nitrogens is 1. The minimum atomic E-state index is -1.20. The third-order valence-electron chi connectivity index (χ3n) is 8.03. The molecule has 210 valence electrons. The molecule has 2 unspecified atom stereocenters. The number of benzene rings is 3. The van der Waals surface area contributed by atoms with Gasteiger partial charge in [0.25, 0.3) is 0 Å². The van der Waals surface area contributed by atoms with Gasteiger partial charge in [-0.3, -0.25) is 0 Å². The SMILES string of the molecule is CCCCCC(C)n1cc(C2(c3ccc(OC)cc3OC)OC(=O)c3cc(N(C)C)ccc32)c2cc(I)ccc21. The minimum Gasteiger partial charge on any atom is -0.497 e. The first-order chi connectivity index (χ1) is 19.2. The fourth-order valence-electron chi connectivity index (χ4n) is 5.87. The zero-order valence-electron chi connectivity index (χ0n) is 24.1. The van der Waals surface area contributed by atoms with Gasteiger partial charge in [-0.25, -0.2) is 4.79 Å². The highest BCUT2D eigenvalue weighted by Crippen LogP contribution is 2.53. The Morgan fingerprint density at radius 1 is 0.975 bits per heavy atom. The van der Waals surface area contributed by atoms with E-state index < -0.39 is 5.60 Å². The Bertz CT molecular complexity index is 1560. The summed E-state index contributed by atoms with van der Waals surface area (Å²) in [6, 6.07) is 18.5. The van der Waals surface area contributed by atoms with Crippen LogP contribution in [-0.2, 0) is 10.3 Å². The number of carbonyl (C=O) groups is 1. The van der Waals surface area contributed by atoms with Crippen LogP contribution in [0.4, 0.5) is 5.69 Å². The smallest absolute Gasteiger partial charge is 0.340 e. The molecule has 2 heterocycles. The summed E-state index contributed by atoms with van der Waals surface area (Å²) in [7, 11) is 7.21. The third kappa shape index (κ3) is 4.72. The molecule has 0 saturated heterocycles. The lowest BCUT2D eigenvalue weighted by Gasteiger charge is -2.31. The summed E-state index contributed by atoms with van der Waals surface area (Å²) in [4.78, 5) is 15.7. The maximum atomic E-state index is 13.7. The van der Waals surface area contributed by atoms with Crippen LogP contribution in [0.5, 0.6) is 11.5 Å². The number of hydrogen-bond donors (Lipinski definition) is 0. The van der Waals surface area contributed by atoms with E-state index in [1.165, 1.54) is 19.3 Å². The van der Waals surface area contributed by atoms with Gasteiger partial charge in [0, 0.05) is 69.3 Å². The number of anilines is 1. The Labute approximate surface area is 250 Å². The molecule has 1 aliphatic heterocycles. The second kappa shape index (κ2) is 11.4. The number of rotatable bonds is 10. The lowest BCUT2D eigenvalue weighted by molar-refractivity contribution is 0.0249. The normalized spacial score (nSPS) is 17.0. The molecular weight excluding hydrogens is 615 g/mol. The number of unbranched alkanes of at least 4 members (excludes halogenated alkanes) is 2. The summed E-state index contributed by atoms with van der Waals surface area (Å²) in [6.45, 7) is 4.50. The summed E-state index contributed by atoms with van der Waals surface area (Å²) >= 11 is 2.36. The largest absolute Gasteiger partial charge is 0.497 e. The molecule has 4 aromatic rings. The molecule has 0 bridgehead atoms. The van der Waals surface area contributed by atoms with Crippen molar-refractivity contribution >= 4 is 45.2 Å². The van der Waals surface area contributed by atoms with Gasteiger partial charge in [-0.15, -0.1) is 0 Å². The lowest BCUT2D eigenvalue weighted by Crippen LogP contribution is -2.30. The molecule has 2 atom stereocenters. The van der Waals surface area contributed by atoms with Gasteiger partial charge in [0.2, 0.25) is 0 Å². The summed E-state index contributed by atoms with van der Waals surface area (Å²) < 4.78 is 21.5. The molecule has 0 amide bonds. The number of methoxy groups -OCH3 is 2. The zero-order chi connectivity index (χ0) is 28.6. The quantitative estimate of drug-likeness (QED) is 0.0990. The Balaban J connectivity index is 1.84. The van der Waals surface area contributed by atoms with Crippen molar-refractivity contribution in [2.24, 2.45) is 0 Å². The number of halogens is 1. The molecule has 40 heavy (non-hydrogen) atoms. The van der Waals surface area contributed by atoms with Crippen molar-refractivity contribution in [1.29, 1.82) is 0 Å².